The zero-order valence-electron chi connectivity index (χ0n) is 10.0. The molecule has 1 aliphatic carbocycles. The molecule has 5 nitrogen and oxygen atoms in total. The van der Waals surface area contributed by atoms with Gasteiger partial charge < -0.3 is 5.11 Å². The van der Waals surface area contributed by atoms with Crippen molar-refractivity contribution in [1.29, 1.82) is 0 Å². The van der Waals surface area contributed by atoms with Crippen LogP contribution in [0.1, 0.15) is 28.8 Å². The summed E-state index contributed by atoms with van der Waals surface area (Å²) in [6.07, 6.45) is 2.14. The van der Waals surface area contributed by atoms with Gasteiger partial charge in [0.15, 0.2) is 0 Å². The topological polar surface area (TPSA) is 83.5 Å². The van der Waals surface area contributed by atoms with Crippen LogP contribution in [-0.2, 0) is 10.0 Å². The van der Waals surface area contributed by atoms with E-state index in [9.17, 15) is 13.2 Å². The zero-order chi connectivity index (χ0) is 13.3. The monoisotopic (exact) mass is 269 g/mol. The number of hydrogen-bond donors (Lipinski definition) is 2. The Morgan fingerprint density at radius 3 is 2.61 bits per heavy atom. The van der Waals surface area contributed by atoms with Crippen molar-refractivity contribution < 1.29 is 18.3 Å². The number of hydrogen-bond acceptors (Lipinski definition) is 3. The van der Waals surface area contributed by atoms with Gasteiger partial charge in [-0.25, -0.2) is 17.9 Å². The smallest absolute Gasteiger partial charge is 0.335 e. The number of carboxylic acid groups (broad SMARTS) is 1. The molecule has 1 aliphatic rings. The molecule has 2 rings (SSSR count). The molecule has 0 bridgehead atoms. The Hall–Kier alpha value is -1.40. The van der Waals surface area contributed by atoms with Crippen molar-refractivity contribution in [1.82, 2.24) is 4.72 Å². The molecule has 2 N–H and O–H groups in total. The maximum absolute atomic E-state index is 11.9. The highest BCUT2D eigenvalue weighted by Crippen LogP contribution is 2.28. The summed E-state index contributed by atoms with van der Waals surface area (Å²) in [5, 5.41) is 8.88. The zero-order valence-corrected chi connectivity index (χ0v) is 10.8. The fourth-order valence-corrected chi connectivity index (χ4v) is 2.88. The number of nitrogens with one attached hydrogen (secondary N) is 1. The molecule has 0 unspecified atom stereocenters. The van der Waals surface area contributed by atoms with Crippen molar-refractivity contribution in [3.63, 3.8) is 0 Å². The predicted molar refractivity (Wildman–Crippen MR) is 66.1 cm³/mol. The molecule has 1 aromatic carbocycles. The Labute approximate surface area is 106 Å². The van der Waals surface area contributed by atoms with Gasteiger partial charge in [-0.05, 0) is 49.4 Å². The molecule has 0 spiro atoms. The molecule has 1 aromatic rings. The minimum absolute atomic E-state index is 0.116. The van der Waals surface area contributed by atoms with Crippen LogP contribution in [0.5, 0.6) is 0 Å². The lowest BCUT2D eigenvalue weighted by Gasteiger charge is -2.08. The second-order valence-corrected chi connectivity index (χ2v) is 6.34. The summed E-state index contributed by atoms with van der Waals surface area (Å²) < 4.78 is 26.4. The van der Waals surface area contributed by atoms with Gasteiger partial charge in [0.2, 0.25) is 10.0 Å². The van der Waals surface area contributed by atoms with Crippen LogP contribution in [0.15, 0.2) is 23.1 Å². The molecular weight excluding hydrogens is 254 g/mol. The minimum Gasteiger partial charge on any atom is -0.478 e. The first-order valence-electron chi connectivity index (χ1n) is 5.74. The standard InChI is InChI=1S/C12H15NO4S/c1-8-6-10(4-5-11(8)12(14)15)18(16,17)13-7-9-2-3-9/h4-6,9,13H,2-3,7H2,1H3,(H,14,15). The summed E-state index contributed by atoms with van der Waals surface area (Å²) in [6.45, 7) is 2.05. The highest BCUT2D eigenvalue weighted by Gasteiger charge is 2.24. The Bertz CT molecular complexity index is 576. The molecule has 0 atom stereocenters. The molecule has 0 aromatic heterocycles. The van der Waals surface area contributed by atoms with Gasteiger partial charge in [-0.15, -0.1) is 0 Å². The number of aromatic carboxylic acids is 1. The van der Waals surface area contributed by atoms with Crippen molar-refractivity contribution in [2.45, 2.75) is 24.7 Å². The molecule has 98 valence electrons. The summed E-state index contributed by atoms with van der Waals surface area (Å²) in [7, 11) is -3.52. The van der Waals surface area contributed by atoms with Crippen LogP contribution < -0.4 is 4.72 Å². The SMILES string of the molecule is Cc1cc(S(=O)(=O)NCC2CC2)ccc1C(=O)O. The van der Waals surface area contributed by atoms with Crippen molar-refractivity contribution in [2.24, 2.45) is 5.92 Å². The number of carboxylic acids is 1. The summed E-state index contributed by atoms with van der Waals surface area (Å²) in [5.41, 5.74) is 0.563. The second kappa shape index (κ2) is 4.70. The van der Waals surface area contributed by atoms with Crippen LogP contribution in [0.4, 0.5) is 0 Å². The summed E-state index contributed by atoms with van der Waals surface area (Å²) in [4.78, 5) is 11.0. The highest BCUT2D eigenvalue weighted by atomic mass is 32.2. The van der Waals surface area contributed by atoms with Crippen LogP contribution in [0.25, 0.3) is 0 Å². The molecule has 0 radical (unpaired) electrons. The van der Waals surface area contributed by atoms with Gasteiger partial charge in [0, 0.05) is 6.54 Å². The van der Waals surface area contributed by atoms with Crippen molar-refractivity contribution in [3.8, 4) is 0 Å². The van der Waals surface area contributed by atoms with Crippen LogP contribution in [-0.4, -0.2) is 26.0 Å². The van der Waals surface area contributed by atoms with E-state index >= 15 is 0 Å². The van der Waals surface area contributed by atoms with E-state index in [1.54, 1.807) is 6.92 Å². The van der Waals surface area contributed by atoms with Crippen LogP contribution in [0.2, 0.25) is 0 Å². The first-order chi connectivity index (χ1) is 8.40. The number of carbonyl (C=O) groups is 1. The number of rotatable bonds is 5. The van der Waals surface area contributed by atoms with E-state index in [1.165, 1.54) is 18.2 Å². The molecule has 0 saturated heterocycles. The van der Waals surface area contributed by atoms with Crippen LogP contribution in [0.3, 0.4) is 0 Å². The number of benzene rings is 1. The van der Waals surface area contributed by atoms with Crippen LogP contribution >= 0.6 is 0 Å². The largest absolute Gasteiger partial charge is 0.478 e. The number of aryl methyl sites for hydroxylation is 1. The Kier molecular flexibility index (Phi) is 3.41. The minimum atomic E-state index is -3.52. The van der Waals surface area contributed by atoms with Gasteiger partial charge >= 0.3 is 5.97 Å². The molecule has 0 amide bonds. The van der Waals surface area contributed by atoms with E-state index in [0.717, 1.165) is 12.8 Å². The first-order valence-corrected chi connectivity index (χ1v) is 7.22. The van der Waals surface area contributed by atoms with Crippen molar-refractivity contribution in [2.75, 3.05) is 6.54 Å². The summed E-state index contributed by atoms with van der Waals surface area (Å²) in [6, 6.07) is 4.04. The van der Waals surface area contributed by atoms with Gasteiger partial charge in [-0.3, -0.25) is 0 Å². The summed E-state index contributed by atoms with van der Waals surface area (Å²) >= 11 is 0. The predicted octanol–water partition coefficient (Wildman–Crippen LogP) is 1.38. The Morgan fingerprint density at radius 1 is 1.44 bits per heavy atom. The Morgan fingerprint density at radius 2 is 2.11 bits per heavy atom. The molecule has 0 aliphatic heterocycles. The third-order valence-corrected chi connectivity index (χ3v) is 4.42. The lowest BCUT2D eigenvalue weighted by molar-refractivity contribution is 0.0696. The number of sulfonamides is 1. The van der Waals surface area contributed by atoms with Gasteiger partial charge in [0.1, 0.15) is 0 Å². The maximum atomic E-state index is 11.9. The molecule has 1 saturated carbocycles. The van der Waals surface area contributed by atoms with E-state index in [-0.39, 0.29) is 10.5 Å². The van der Waals surface area contributed by atoms with E-state index in [0.29, 0.717) is 18.0 Å². The summed E-state index contributed by atoms with van der Waals surface area (Å²) in [5.74, 6) is -0.596. The third-order valence-electron chi connectivity index (χ3n) is 3.00. The fourth-order valence-electron chi connectivity index (χ4n) is 1.68. The normalized spacial score (nSPS) is 15.6. The average molecular weight is 269 g/mol. The highest BCUT2D eigenvalue weighted by molar-refractivity contribution is 7.89. The Balaban J connectivity index is 2.21. The van der Waals surface area contributed by atoms with Crippen molar-refractivity contribution >= 4 is 16.0 Å². The van der Waals surface area contributed by atoms with E-state index in [2.05, 4.69) is 4.72 Å². The fraction of sp³-hybridized carbons (Fsp3) is 0.417. The third kappa shape index (κ3) is 2.88. The lowest BCUT2D eigenvalue weighted by atomic mass is 10.1. The first kappa shape index (κ1) is 13.0. The van der Waals surface area contributed by atoms with E-state index in [4.69, 9.17) is 5.11 Å². The van der Waals surface area contributed by atoms with Crippen molar-refractivity contribution in [3.05, 3.63) is 29.3 Å². The average Bonchev–Trinajstić information content (AvgIpc) is 3.09. The molecule has 18 heavy (non-hydrogen) atoms. The van der Waals surface area contributed by atoms with E-state index in [1.807, 2.05) is 0 Å². The maximum Gasteiger partial charge on any atom is 0.335 e. The second-order valence-electron chi connectivity index (χ2n) is 4.58. The van der Waals surface area contributed by atoms with Gasteiger partial charge in [0.05, 0.1) is 10.5 Å². The van der Waals surface area contributed by atoms with Gasteiger partial charge in [-0.2, -0.15) is 0 Å². The van der Waals surface area contributed by atoms with Gasteiger partial charge in [0.25, 0.3) is 0 Å². The molecule has 0 heterocycles. The lowest BCUT2D eigenvalue weighted by Crippen LogP contribution is -2.26. The molecule has 6 heteroatoms. The molecular formula is C12H15NO4S. The van der Waals surface area contributed by atoms with Crippen LogP contribution in [0, 0.1) is 12.8 Å². The molecule has 1 fully saturated rings. The van der Waals surface area contributed by atoms with Gasteiger partial charge in [-0.1, -0.05) is 0 Å². The quantitative estimate of drug-likeness (QED) is 0.846. The van der Waals surface area contributed by atoms with E-state index < -0.39 is 16.0 Å².